The van der Waals surface area contributed by atoms with Gasteiger partial charge >= 0.3 is 6.18 Å². The molecule has 1 fully saturated rings. The van der Waals surface area contributed by atoms with Crippen LogP contribution in [-0.2, 0) is 11.8 Å². The number of halogens is 4. The molecule has 3 atom stereocenters. The molecule has 0 bridgehead atoms. The highest BCUT2D eigenvalue weighted by Crippen LogP contribution is 2.40. The molecule has 0 saturated carbocycles. The van der Waals surface area contributed by atoms with E-state index in [-0.39, 0.29) is 30.5 Å². The number of benzene rings is 2. The summed E-state index contributed by atoms with van der Waals surface area (Å²) in [6.45, 7) is 8.27. The molecule has 1 heterocycles. The molecule has 2 nitrogen and oxygen atoms in total. The van der Waals surface area contributed by atoms with E-state index in [1.54, 1.807) is 0 Å². The molecule has 158 valence electrons. The van der Waals surface area contributed by atoms with E-state index in [9.17, 15) is 13.2 Å². The van der Waals surface area contributed by atoms with Crippen LogP contribution in [0, 0.1) is 20.8 Å². The lowest BCUT2D eigenvalue weighted by Crippen LogP contribution is -2.51. The van der Waals surface area contributed by atoms with Crippen LogP contribution < -0.4 is 10.1 Å². The minimum Gasteiger partial charge on any atom is -0.492 e. The van der Waals surface area contributed by atoms with Crippen LogP contribution in [-0.4, -0.2) is 18.7 Å². The maximum atomic E-state index is 15.8. The van der Waals surface area contributed by atoms with E-state index in [0.29, 0.717) is 6.61 Å². The Balaban J connectivity index is 1.72. The Bertz CT molecular complexity index is 839. The predicted octanol–water partition coefficient (Wildman–Crippen LogP) is 6.01. The molecule has 2 aromatic carbocycles. The Morgan fingerprint density at radius 3 is 2.17 bits per heavy atom. The van der Waals surface area contributed by atoms with Crippen molar-refractivity contribution in [3.63, 3.8) is 0 Å². The summed E-state index contributed by atoms with van der Waals surface area (Å²) in [4.78, 5) is 0. The molecule has 0 amide bonds. The van der Waals surface area contributed by atoms with Crippen LogP contribution in [0.3, 0.4) is 0 Å². The number of hydrogen-bond acceptors (Lipinski definition) is 2. The second-order valence-electron chi connectivity index (χ2n) is 8.21. The quantitative estimate of drug-likeness (QED) is 0.624. The van der Waals surface area contributed by atoms with Gasteiger partial charge < -0.3 is 10.1 Å². The van der Waals surface area contributed by atoms with Gasteiger partial charge in [0.15, 0.2) is 0 Å². The first-order valence-electron chi connectivity index (χ1n) is 9.81. The Kier molecular flexibility index (Phi) is 5.95. The van der Waals surface area contributed by atoms with Gasteiger partial charge in [0.1, 0.15) is 18.0 Å². The lowest BCUT2D eigenvalue weighted by atomic mass is 9.80. The fraction of sp³-hybridized carbons (Fsp3) is 0.478. The van der Waals surface area contributed by atoms with Crippen LogP contribution in [0.2, 0.25) is 0 Å². The highest BCUT2D eigenvalue weighted by atomic mass is 19.4. The normalized spacial score (nSPS) is 25.1. The molecule has 1 saturated heterocycles. The van der Waals surface area contributed by atoms with Gasteiger partial charge in [-0.25, -0.2) is 4.39 Å². The van der Waals surface area contributed by atoms with Crippen molar-refractivity contribution in [2.45, 2.75) is 64.5 Å². The van der Waals surface area contributed by atoms with Gasteiger partial charge in [-0.1, -0.05) is 12.1 Å². The largest absolute Gasteiger partial charge is 0.492 e. The third-order valence-electron chi connectivity index (χ3n) is 5.80. The first-order valence-corrected chi connectivity index (χ1v) is 9.81. The third-order valence-corrected chi connectivity index (χ3v) is 5.80. The van der Waals surface area contributed by atoms with Crippen molar-refractivity contribution in [3.05, 3.63) is 64.2 Å². The Hall–Kier alpha value is -2.08. The number of aryl methyl sites for hydroxylation is 2. The number of ether oxygens (including phenoxy) is 1. The van der Waals surface area contributed by atoms with Crippen LogP contribution in [0.15, 0.2) is 36.4 Å². The summed E-state index contributed by atoms with van der Waals surface area (Å²) in [5.74, 6) is 0.740. The van der Waals surface area contributed by atoms with E-state index in [1.807, 2.05) is 32.9 Å². The molecule has 1 aliphatic heterocycles. The molecule has 2 aromatic rings. The summed E-state index contributed by atoms with van der Waals surface area (Å²) in [5.41, 5.74) is 1.31. The van der Waals surface area contributed by atoms with Gasteiger partial charge in [-0.3, -0.25) is 0 Å². The van der Waals surface area contributed by atoms with Crippen molar-refractivity contribution in [2.24, 2.45) is 0 Å². The lowest BCUT2D eigenvalue weighted by molar-refractivity contribution is -0.137. The van der Waals surface area contributed by atoms with E-state index >= 15 is 4.39 Å². The monoisotopic (exact) mass is 409 g/mol. The van der Waals surface area contributed by atoms with Crippen LogP contribution >= 0.6 is 0 Å². The number of piperidine rings is 1. The zero-order chi connectivity index (χ0) is 21.4. The number of nitrogens with one attached hydrogen (secondary N) is 1. The van der Waals surface area contributed by atoms with E-state index in [0.717, 1.165) is 29.0 Å². The summed E-state index contributed by atoms with van der Waals surface area (Å²) in [7, 11) is 0. The second kappa shape index (κ2) is 7.98. The first kappa shape index (κ1) is 21.6. The van der Waals surface area contributed by atoms with Crippen molar-refractivity contribution in [1.29, 1.82) is 0 Å². The van der Waals surface area contributed by atoms with Gasteiger partial charge in [-0.15, -0.1) is 0 Å². The van der Waals surface area contributed by atoms with Crippen molar-refractivity contribution >= 4 is 0 Å². The van der Waals surface area contributed by atoms with Gasteiger partial charge in [-0.05, 0) is 74.2 Å². The van der Waals surface area contributed by atoms with Crippen molar-refractivity contribution in [1.82, 2.24) is 5.32 Å². The van der Waals surface area contributed by atoms with E-state index < -0.39 is 17.4 Å². The predicted molar refractivity (Wildman–Crippen MR) is 106 cm³/mol. The van der Waals surface area contributed by atoms with Gasteiger partial charge in [0.2, 0.25) is 0 Å². The minimum absolute atomic E-state index is 0.119. The Morgan fingerprint density at radius 2 is 1.62 bits per heavy atom. The summed E-state index contributed by atoms with van der Waals surface area (Å²) < 4.78 is 60.1. The lowest BCUT2D eigenvalue weighted by Gasteiger charge is -2.39. The molecule has 0 aromatic heterocycles. The van der Waals surface area contributed by atoms with E-state index in [4.69, 9.17) is 4.74 Å². The summed E-state index contributed by atoms with van der Waals surface area (Å²) in [5, 5.41) is 3.34. The average Bonchev–Trinajstić information content (AvgIpc) is 2.63. The first-order chi connectivity index (χ1) is 13.5. The molecule has 0 aliphatic carbocycles. The molecule has 1 aliphatic rings. The van der Waals surface area contributed by atoms with Crippen LogP contribution in [0.4, 0.5) is 17.6 Å². The van der Waals surface area contributed by atoms with Crippen molar-refractivity contribution in [3.8, 4) is 5.75 Å². The van der Waals surface area contributed by atoms with Gasteiger partial charge in [0.25, 0.3) is 0 Å². The fourth-order valence-electron chi connectivity index (χ4n) is 4.06. The molecule has 0 unspecified atom stereocenters. The number of rotatable bonds is 4. The average molecular weight is 409 g/mol. The molecule has 0 spiro atoms. The number of alkyl halides is 4. The smallest absolute Gasteiger partial charge is 0.416 e. The zero-order valence-electron chi connectivity index (χ0n) is 17.2. The zero-order valence-corrected chi connectivity index (χ0v) is 17.2. The highest BCUT2D eigenvalue weighted by molar-refractivity contribution is 5.40. The number of hydrogen-bond donors (Lipinski definition) is 1. The molecule has 29 heavy (non-hydrogen) atoms. The fourth-order valence-corrected chi connectivity index (χ4v) is 4.06. The molecule has 3 rings (SSSR count). The summed E-state index contributed by atoms with van der Waals surface area (Å²) >= 11 is 0. The molecular weight excluding hydrogens is 382 g/mol. The molecular formula is C23H27F4NO. The summed E-state index contributed by atoms with van der Waals surface area (Å²) in [6, 6.07) is 7.98. The minimum atomic E-state index is -4.43. The summed E-state index contributed by atoms with van der Waals surface area (Å²) in [6.07, 6.45) is -4.08. The topological polar surface area (TPSA) is 21.3 Å². The van der Waals surface area contributed by atoms with E-state index in [2.05, 4.69) is 12.2 Å². The van der Waals surface area contributed by atoms with Crippen LogP contribution in [0.5, 0.6) is 5.75 Å². The van der Waals surface area contributed by atoms with Gasteiger partial charge in [-0.2, -0.15) is 13.2 Å². The molecule has 1 N–H and O–H groups in total. The van der Waals surface area contributed by atoms with Gasteiger partial charge in [0.05, 0.1) is 5.56 Å². The SMILES string of the molecule is Cc1cc(OC[C@@H]2C[C@](F)(c3ccc(C(F)(F)F)cc3)C[C@H](C)N2)cc(C)c1C. The van der Waals surface area contributed by atoms with Gasteiger partial charge in [0, 0.05) is 24.9 Å². The Labute approximate surface area is 169 Å². The third kappa shape index (κ3) is 4.92. The Morgan fingerprint density at radius 1 is 1.03 bits per heavy atom. The van der Waals surface area contributed by atoms with Crippen LogP contribution in [0.25, 0.3) is 0 Å². The molecule has 6 heteroatoms. The highest BCUT2D eigenvalue weighted by Gasteiger charge is 2.41. The maximum absolute atomic E-state index is 15.8. The second-order valence-corrected chi connectivity index (χ2v) is 8.21. The maximum Gasteiger partial charge on any atom is 0.416 e. The van der Waals surface area contributed by atoms with Crippen LogP contribution in [0.1, 0.15) is 47.6 Å². The van der Waals surface area contributed by atoms with E-state index in [1.165, 1.54) is 17.7 Å². The molecule has 0 radical (unpaired) electrons. The van der Waals surface area contributed by atoms with Crippen molar-refractivity contribution < 1.29 is 22.3 Å². The van der Waals surface area contributed by atoms with Crippen molar-refractivity contribution in [2.75, 3.05) is 6.61 Å². The standard InChI is InChI=1S/C23H27F4NO/c1-14-9-21(10-15(2)17(14)4)29-13-20-12-22(24,11-16(3)28-20)18-5-7-19(8-6-18)23(25,26)27/h5-10,16,20,28H,11-13H2,1-4H3/t16-,20-,22-/m0/s1.